The monoisotopic (exact) mass is 284 g/mol. The summed E-state index contributed by atoms with van der Waals surface area (Å²) >= 11 is 0. The lowest BCUT2D eigenvalue weighted by Gasteiger charge is -2.18. The van der Waals surface area contributed by atoms with Crippen molar-refractivity contribution in [2.45, 2.75) is 12.2 Å². The second kappa shape index (κ2) is 5.60. The molecule has 0 aliphatic rings. The van der Waals surface area contributed by atoms with Gasteiger partial charge in [-0.1, -0.05) is 36.4 Å². The quantitative estimate of drug-likeness (QED) is 0.515. The maximum atomic E-state index is 13.3. The Labute approximate surface area is 113 Å². The predicted molar refractivity (Wildman–Crippen MR) is 67.0 cm³/mol. The van der Waals surface area contributed by atoms with E-state index < -0.39 is 23.6 Å². The van der Waals surface area contributed by atoms with Gasteiger partial charge in [-0.25, -0.2) is 9.82 Å². The topological polar surface area (TPSA) is 38.0 Å². The van der Waals surface area contributed by atoms with E-state index in [1.165, 1.54) is 6.07 Å². The summed E-state index contributed by atoms with van der Waals surface area (Å²) in [6.45, 7) is 0. The summed E-state index contributed by atoms with van der Waals surface area (Å²) in [5.41, 5.74) is 2.08. The lowest BCUT2D eigenvalue weighted by Crippen LogP contribution is -2.29. The van der Waals surface area contributed by atoms with E-state index >= 15 is 0 Å². The third-order valence-corrected chi connectivity index (χ3v) is 2.93. The van der Waals surface area contributed by atoms with Crippen LogP contribution in [-0.2, 0) is 6.18 Å². The van der Waals surface area contributed by atoms with Gasteiger partial charge in [0.1, 0.15) is 5.82 Å². The molecule has 20 heavy (non-hydrogen) atoms. The molecule has 0 aliphatic heterocycles. The van der Waals surface area contributed by atoms with E-state index in [1.54, 1.807) is 30.3 Å². The number of nitrogens with two attached hydrogens (primary N) is 1. The minimum Gasteiger partial charge on any atom is -0.271 e. The van der Waals surface area contributed by atoms with Gasteiger partial charge in [0.2, 0.25) is 0 Å². The highest BCUT2D eigenvalue weighted by Crippen LogP contribution is 2.33. The number of hydrogen-bond donors (Lipinski definition) is 2. The molecule has 1 atom stereocenters. The molecule has 0 radical (unpaired) electrons. The average Bonchev–Trinajstić information content (AvgIpc) is 2.41. The first-order chi connectivity index (χ1) is 9.43. The zero-order chi connectivity index (χ0) is 14.8. The Kier molecular flexibility index (Phi) is 4.06. The maximum absolute atomic E-state index is 13.3. The third kappa shape index (κ3) is 2.97. The number of hydrazine groups is 1. The second-order valence-corrected chi connectivity index (χ2v) is 4.25. The van der Waals surface area contributed by atoms with E-state index in [9.17, 15) is 17.6 Å². The van der Waals surface area contributed by atoms with E-state index in [0.29, 0.717) is 5.56 Å². The van der Waals surface area contributed by atoms with Gasteiger partial charge in [-0.05, 0) is 23.3 Å². The van der Waals surface area contributed by atoms with Gasteiger partial charge in [0.05, 0.1) is 11.6 Å². The maximum Gasteiger partial charge on any atom is 0.419 e. The minimum atomic E-state index is -4.74. The largest absolute Gasteiger partial charge is 0.419 e. The standard InChI is InChI=1S/C14H12F4N2/c15-12-7-6-10(8-11(12)14(16,17)18)13(20-19)9-4-2-1-3-5-9/h1-8,13,20H,19H2/t13-/m0/s1. The molecule has 6 heteroatoms. The molecule has 0 unspecified atom stereocenters. The molecule has 2 aromatic rings. The molecular weight excluding hydrogens is 272 g/mol. The molecule has 106 valence electrons. The first-order valence-electron chi connectivity index (χ1n) is 5.81. The molecule has 0 spiro atoms. The van der Waals surface area contributed by atoms with Gasteiger partial charge in [0, 0.05) is 0 Å². The summed E-state index contributed by atoms with van der Waals surface area (Å²) < 4.78 is 51.4. The smallest absolute Gasteiger partial charge is 0.271 e. The summed E-state index contributed by atoms with van der Waals surface area (Å²) in [4.78, 5) is 0. The van der Waals surface area contributed by atoms with E-state index in [0.717, 1.165) is 12.1 Å². The third-order valence-electron chi connectivity index (χ3n) is 2.93. The number of hydrogen-bond acceptors (Lipinski definition) is 2. The molecule has 0 aromatic heterocycles. The SMILES string of the molecule is NN[C@@H](c1ccccc1)c1ccc(F)c(C(F)(F)F)c1. The predicted octanol–water partition coefficient (Wildman–Crippen LogP) is 3.40. The summed E-state index contributed by atoms with van der Waals surface area (Å²) in [5.74, 6) is 4.11. The number of nitrogens with one attached hydrogen (secondary N) is 1. The molecule has 0 saturated carbocycles. The zero-order valence-corrected chi connectivity index (χ0v) is 10.3. The highest BCUT2D eigenvalue weighted by atomic mass is 19.4. The fourth-order valence-corrected chi connectivity index (χ4v) is 1.97. The van der Waals surface area contributed by atoms with Crippen molar-refractivity contribution >= 4 is 0 Å². The summed E-state index contributed by atoms with van der Waals surface area (Å²) in [6, 6.07) is 10.9. The molecule has 2 rings (SSSR count). The molecule has 0 heterocycles. The average molecular weight is 284 g/mol. The second-order valence-electron chi connectivity index (χ2n) is 4.25. The Morgan fingerprint density at radius 1 is 0.950 bits per heavy atom. The van der Waals surface area contributed by atoms with Crippen molar-refractivity contribution < 1.29 is 17.6 Å². The van der Waals surface area contributed by atoms with Gasteiger partial charge in [-0.2, -0.15) is 13.2 Å². The van der Waals surface area contributed by atoms with Gasteiger partial charge in [0.15, 0.2) is 0 Å². The molecular formula is C14H12F4N2. The van der Waals surface area contributed by atoms with Crippen LogP contribution in [0.5, 0.6) is 0 Å². The van der Waals surface area contributed by atoms with E-state index in [1.807, 2.05) is 0 Å². The van der Waals surface area contributed by atoms with Gasteiger partial charge in [-0.3, -0.25) is 5.84 Å². The van der Waals surface area contributed by atoms with Crippen molar-refractivity contribution in [2.75, 3.05) is 0 Å². The van der Waals surface area contributed by atoms with Gasteiger partial charge < -0.3 is 0 Å². The highest BCUT2D eigenvalue weighted by molar-refractivity contribution is 5.35. The fourth-order valence-electron chi connectivity index (χ4n) is 1.97. The van der Waals surface area contributed by atoms with Crippen molar-refractivity contribution in [3.8, 4) is 0 Å². The van der Waals surface area contributed by atoms with Crippen LogP contribution in [0.25, 0.3) is 0 Å². The van der Waals surface area contributed by atoms with Crippen LogP contribution in [0, 0.1) is 5.82 Å². The Morgan fingerprint density at radius 3 is 2.15 bits per heavy atom. The van der Waals surface area contributed by atoms with Crippen molar-refractivity contribution in [1.82, 2.24) is 5.43 Å². The molecule has 0 aliphatic carbocycles. The van der Waals surface area contributed by atoms with Crippen molar-refractivity contribution in [3.63, 3.8) is 0 Å². The van der Waals surface area contributed by atoms with Crippen LogP contribution in [0.3, 0.4) is 0 Å². The molecule has 3 N–H and O–H groups in total. The van der Waals surface area contributed by atoms with E-state index in [-0.39, 0.29) is 5.56 Å². The zero-order valence-electron chi connectivity index (χ0n) is 10.3. The van der Waals surface area contributed by atoms with Crippen molar-refractivity contribution in [1.29, 1.82) is 0 Å². The number of alkyl halides is 3. The first-order valence-corrected chi connectivity index (χ1v) is 5.81. The number of benzene rings is 2. The summed E-state index contributed by atoms with van der Waals surface area (Å²) in [7, 11) is 0. The highest BCUT2D eigenvalue weighted by Gasteiger charge is 2.34. The van der Waals surface area contributed by atoms with Crippen molar-refractivity contribution in [2.24, 2.45) is 5.84 Å². The Hall–Kier alpha value is -1.92. The first kappa shape index (κ1) is 14.5. The molecule has 0 bridgehead atoms. The van der Waals surface area contributed by atoms with Crippen LogP contribution in [0.4, 0.5) is 17.6 Å². The Morgan fingerprint density at radius 2 is 1.60 bits per heavy atom. The Balaban J connectivity index is 2.46. The lowest BCUT2D eigenvalue weighted by atomic mass is 9.97. The van der Waals surface area contributed by atoms with Crippen LogP contribution in [0.2, 0.25) is 0 Å². The normalized spacial score (nSPS) is 13.2. The molecule has 0 fully saturated rings. The fraction of sp³-hybridized carbons (Fsp3) is 0.143. The molecule has 0 amide bonds. The van der Waals surface area contributed by atoms with Crippen LogP contribution >= 0.6 is 0 Å². The number of halogens is 4. The Bertz CT molecular complexity index is 581. The van der Waals surface area contributed by atoms with Gasteiger partial charge in [0.25, 0.3) is 0 Å². The lowest BCUT2D eigenvalue weighted by molar-refractivity contribution is -0.140. The molecule has 2 nitrogen and oxygen atoms in total. The van der Waals surface area contributed by atoms with Gasteiger partial charge >= 0.3 is 6.18 Å². The van der Waals surface area contributed by atoms with Crippen molar-refractivity contribution in [3.05, 3.63) is 71.0 Å². The summed E-state index contributed by atoms with van der Waals surface area (Å²) in [5, 5.41) is 0. The van der Waals surface area contributed by atoms with E-state index in [2.05, 4.69) is 5.43 Å². The van der Waals surface area contributed by atoms with E-state index in [4.69, 9.17) is 5.84 Å². The molecule has 0 saturated heterocycles. The summed E-state index contributed by atoms with van der Waals surface area (Å²) in [6.07, 6.45) is -4.74. The van der Waals surface area contributed by atoms with Crippen LogP contribution < -0.4 is 11.3 Å². The minimum absolute atomic E-state index is 0.243. The number of rotatable bonds is 3. The van der Waals surface area contributed by atoms with Gasteiger partial charge in [-0.15, -0.1) is 0 Å². The van der Waals surface area contributed by atoms with Crippen LogP contribution in [-0.4, -0.2) is 0 Å². The molecule has 2 aromatic carbocycles. The van der Waals surface area contributed by atoms with Crippen LogP contribution in [0.15, 0.2) is 48.5 Å². The van der Waals surface area contributed by atoms with Crippen LogP contribution in [0.1, 0.15) is 22.7 Å².